The third-order valence-electron chi connectivity index (χ3n) is 3.95. The summed E-state index contributed by atoms with van der Waals surface area (Å²) >= 11 is 0. The standard InChI is InChI=1S/C17H20FN3O3/c1-10(2)14-9-13(20-21(14)4)15(22)19-17(3,16(23)24)11-5-7-12(18)8-6-11/h5-10H,1-4H3,(H,19,22)(H,23,24). The smallest absolute Gasteiger partial charge is 0.333 e. The van der Waals surface area contributed by atoms with Crippen molar-refractivity contribution in [2.75, 3.05) is 0 Å². The average molecular weight is 333 g/mol. The summed E-state index contributed by atoms with van der Waals surface area (Å²) in [5.74, 6) is -2.16. The Bertz CT molecular complexity index is 768. The highest BCUT2D eigenvalue weighted by Crippen LogP contribution is 2.23. The van der Waals surface area contributed by atoms with Gasteiger partial charge in [0.15, 0.2) is 5.54 Å². The number of nitrogens with one attached hydrogen (secondary N) is 1. The van der Waals surface area contributed by atoms with E-state index in [2.05, 4.69) is 10.4 Å². The van der Waals surface area contributed by atoms with Crippen molar-refractivity contribution in [3.05, 3.63) is 53.1 Å². The number of halogens is 1. The van der Waals surface area contributed by atoms with Crippen LogP contribution in [0.25, 0.3) is 0 Å². The third kappa shape index (κ3) is 3.29. The largest absolute Gasteiger partial charge is 0.479 e. The number of aliphatic carboxylic acids is 1. The Labute approximate surface area is 139 Å². The number of nitrogens with zero attached hydrogens (tertiary/aromatic N) is 2. The van der Waals surface area contributed by atoms with Gasteiger partial charge in [0, 0.05) is 12.7 Å². The molecule has 24 heavy (non-hydrogen) atoms. The molecule has 0 aliphatic carbocycles. The van der Waals surface area contributed by atoms with Gasteiger partial charge in [-0.15, -0.1) is 0 Å². The Balaban J connectivity index is 2.34. The van der Waals surface area contributed by atoms with Gasteiger partial charge in [-0.3, -0.25) is 9.48 Å². The molecule has 0 spiro atoms. The third-order valence-corrected chi connectivity index (χ3v) is 3.95. The molecule has 0 saturated carbocycles. The Morgan fingerprint density at radius 3 is 2.33 bits per heavy atom. The summed E-state index contributed by atoms with van der Waals surface area (Å²) in [7, 11) is 1.72. The number of carbonyl (C=O) groups is 2. The van der Waals surface area contributed by atoms with Crippen LogP contribution >= 0.6 is 0 Å². The van der Waals surface area contributed by atoms with Crippen LogP contribution in [-0.4, -0.2) is 26.8 Å². The molecular weight excluding hydrogens is 313 g/mol. The van der Waals surface area contributed by atoms with E-state index in [1.165, 1.54) is 19.1 Å². The summed E-state index contributed by atoms with van der Waals surface area (Å²) in [4.78, 5) is 24.2. The summed E-state index contributed by atoms with van der Waals surface area (Å²) in [6, 6.07) is 6.61. The second-order valence-corrected chi connectivity index (χ2v) is 6.12. The van der Waals surface area contributed by atoms with Crippen LogP contribution in [0.3, 0.4) is 0 Å². The van der Waals surface area contributed by atoms with E-state index in [0.717, 1.165) is 17.8 Å². The topological polar surface area (TPSA) is 84.2 Å². The van der Waals surface area contributed by atoms with Gasteiger partial charge < -0.3 is 10.4 Å². The van der Waals surface area contributed by atoms with Crippen molar-refractivity contribution >= 4 is 11.9 Å². The average Bonchev–Trinajstić information content (AvgIpc) is 2.90. The van der Waals surface area contributed by atoms with Crippen LogP contribution in [0.4, 0.5) is 4.39 Å². The quantitative estimate of drug-likeness (QED) is 0.880. The molecule has 1 amide bonds. The van der Waals surface area contributed by atoms with Gasteiger partial charge in [-0.25, -0.2) is 9.18 Å². The maximum Gasteiger partial charge on any atom is 0.333 e. The molecule has 2 aromatic rings. The summed E-state index contributed by atoms with van der Waals surface area (Å²) in [5.41, 5.74) is -0.431. The van der Waals surface area contributed by atoms with Crippen molar-refractivity contribution in [2.24, 2.45) is 7.05 Å². The lowest BCUT2D eigenvalue weighted by Crippen LogP contribution is -2.49. The van der Waals surface area contributed by atoms with Crippen LogP contribution in [-0.2, 0) is 17.4 Å². The Morgan fingerprint density at radius 1 is 1.29 bits per heavy atom. The highest BCUT2D eigenvalue weighted by Gasteiger charge is 2.37. The molecule has 1 aromatic heterocycles. The fraction of sp³-hybridized carbons (Fsp3) is 0.353. The minimum absolute atomic E-state index is 0.135. The Kier molecular flexibility index (Phi) is 4.73. The molecule has 0 aliphatic heterocycles. The number of amides is 1. The Hall–Kier alpha value is -2.70. The van der Waals surface area contributed by atoms with E-state index in [1.807, 2.05) is 13.8 Å². The molecule has 0 radical (unpaired) electrons. The number of benzene rings is 1. The monoisotopic (exact) mass is 333 g/mol. The van der Waals surface area contributed by atoms with Gasteiger partial charge in [0.2, 0.25) is 0 Å². The first kappa shape index (κ1) is 17.7. The first-order chi connectivity index (χ1) is 11.1. The van der Waals surface area contributed by atoms with Gasteiger partial charge in [-0.2, -0.15) is 5.10 Å². The number of carboxylic acid groups (broad SMARTS) is 1. The van der Waals surface area contributed by atoms with E-state index in [1.54, 1.807) is 17.8 Å². The van der Waals surface area contributed by atoms with Crippen LogP contribution in [0, 0.1) is 5.82 Å². The molecule has 0 fully saturated rings. The highest BCUT2D eigenvalue weighted by atomic mass is 19.1. The zero-order chi connectivity index (χ0) is 18.1. The lowest BCUT2D eigenvalue weighted by molar-refractivity contribution is -0.144. The van der Waals surface area contributed by atoms with Gasteiger partial charge in [-0.05, 0) is 36.6 Å². The van der Waals surface area contributed by atoms with Crippen molar-refractivity contribution in [2.45, 2.75) is 32.2 Å². The van der Waals surface area contributed by atoms with Crippen LogP contribution in [0.2, 0.25) is 0 Å². The second kappa shape index (κ2) is 6.43. The molecule has 0 bridgehead atoms. The second-order valence-electron chi connectivity index (χ2n) is 6.12. The zero-order valence-electron chi connectivity index (χ0n) is 14.0. The molecule has 1 aromatic carbocycles. The number of carboxylic acids is 1. The number of aryl methyl sites for hydroxylation is 1. The normalized spacial score (nSPS) is 13.6. The molecule has 0 aliphatic rings. The molecule has 1 heterocycles. The highest BCUT2D eigenvalue weighted by molar-refractivity contribution is 5.96. The van der Waals surface area contributed by atoms with Gasteiger partial charge in [0.1, 0.15) is 11.5 Å². The first-order valence-electron chi connectivity index (χ1n) is 7.51. The minimum Gasteiger partial charge on any atom is -0.479 e. The van der Waals surface area contributed by atoms with Crippen LogP contribution in [0.5, 0.6) is 0 Å². The number of aromatic nitrogens is 2. The SMILES string of the molecule is CC(C)c1cc(C(=O)NC(C)(C(=O)O)c2ccc(F)cc2)nn1C. The summed E-state index contributed by atoms with van der Waals surface area (Å²) in [6.45, 7) is 5.30. The molecule has 1 unspecified atom stereocenters. The number of carbonyl (C=O) groups excluding carboxylic acids is 1. The molecule has 1 atom stereocenters. The predicted octanol–water partition coefficient (Wildman–Crippen LogP) is 2.41. The summed E-state index contributed by atoms with van der Waals surface area (Å²) in [6.07, 6.45) is 0. The van der Waals surface area contributed by atoms with Crippen LogP contribution in [0.1, 0.15) is 48.4 Å². The lowest BCUT2D eigenvalue weighted by atomic mass is 9.92. The van der Waals surface area contributed by atoms with Crippen molar-refractivity contribution < 1.29 is 19.1 Å². The molecular formula is C17H20FN3O3. The van der Waals surface area contributed by atoms with E-state index >= 15 is 0 Å². The van der Waals surface area contributed by atoms with E-state index in [9.17, 15) is 19.1 Å². The maximum absolute atomic E-state index is 13.1. The van der Waals surface area contributed by atoms with Crippen molar-refractivity contribution in [3.8, 4) is 0 Å². The van der Waals surface area contributed by atoms with Crippen molar-refractivity contribution in [3.63, 3.8) is 0 Å². The van der Waals surface area contributed by atoms with E-state index < -0.39 is 23.2 Å². The predicted molar refractivity (Wildman–Crippen MR) is 86.2 cm³/mol. The number of hydrogen-bond donors (Lipinski definition) is 2. The molecule has 0 saturated heterocycles. The number of rotatable bonds is 5. The summed E-state index contributed by atoms with van der Waals surface area (Å²) < 4.78 is 14.7. The van der Waals surface area contributed by atoms with E-state index in [-0.39, 0.29) is 17.2 Å². The van der Waals surface area contributed by atoms with Gasteiger partial charge in [-0.1, -0.05) is 26.0 Å². The fourth-order valence-corrected chi connectivity index (χ4v) is 2.46. The van der Waals surface area contributed by atoms with Gasteiger partial charge in [0.05, 0.1) is 0 Å². The van der Waals surface area contributed by atoms with Crippen LogP contribution in [0.15, 0.2) is 30.3 Å². The Morgan fingerprint density at radius 2 is 1.88 bits per heavy atom. The van der Waals surface area contributed by atoms with Crippen LogP contribution < -0.4 is 5.32 Å². The molecule has 128 valence electrons. The molecule has 2 N–H and O–H groups in total. The molecule has 7 heteroatoms. The number of hydrogen-bond acceptors (Lipinski definition) is 3. The van der Waals surface area contributed by atoms with E-state index in [4.69, 9.17) is 0 Å². The fourth-order valence-electron chi connectivity index (χ4n) is 2.46. The van der Waals surface area contributed by atoms with E-state index in [0.29, 0.717) is 0 Å². The zero-order valence-corrected chi connectivity index (χ0v) is 14.0. The minimum atomic E-state index is -1.69. The lowest BCUT2D eigenvalue weighted by Gasteiger charge is -2.26. The first-order valence-corrected chi connectivity index (χ1v) is 7.51. The molecule has 2 rings (SSSR count). The molecule has 6 nitrogen and oxygen atoms in total. The van der Waals surface area contributed by atoms with Crippen molar-refractivity contribution in [1.82, 2.24) is 15.1 Å². The summed E-state index contributed by atoms with van der Waals surface area (Å²) in [5, 5.41) is 16.2. The van der Waals surface area contributed by atoms with Gasteiger partial charge in [0.25, 0.3) is 5.91 Å². The van der Waals surface area contributed by atoms with Gasteiger partial charge >= 0.3 is 5.97 Å². The maximum atomic E-state index is 13.1. The van der Waals surface area contributed by atoms with Crippen molar-refractivity contribution in [1.29, 1.82) is 0 Å².